The van der Waals surface area contributed by atoms with E-state index >= 15 is 0 Å². The summed E-state index contributed by atoms with van der Waals surface area (Å²) in [4.78, 5) is 29.9. The molecule has 7 nitrogen and oxygen atoms in total. The Kier molecular flexibility index (Phi) is 5.54. The molecule has 0 aromatic carbocycles. The molecule has 1 unspecified atom stereocenters. The predicted octanol–water partition coefficient (Wildman–Crippen LogP) is 1.50. The molecule has 0 spiro atoms. The normalized spacial score (nSPS) is 17.3. The molecule has 7 heteroatoms. The Balaban J connectivity index is 1.92. The number of rotatable bonds is 5. The van der Waals surface area contributed by atoms with Gasteiger partial charge in [0.1, 0.15) is 6.26 Å². The molecule has 0 saturated carbocycles. The van der Waals surface area contributed by atoms with E-state index in [9.17, 15) is 9.59 Å². The summed E-state index contributed by atoms with van der Waals surface area (Å²) in [7, 11) is 0. The summed E-state index contributed by atoms with van der Waals surface area (Å²) in [6.45, 7) is 5.14. The number of piperidine rings is 1. The van der Waals surface area contributed by atoms with Gasteiger partial charge in [-0.05, 0) is 26.2 Å². The molecular weight excluding hydrogens is 286 g/mol. The molecule has 0 radical (unpaired) electrons. The quantitative estimate of drug-likeness (QED) is 0.828. The van der Waals surface area contributed by atoms with Crippen molar-refractivity contribution in [2.75, 3.05) is 19.7 Å². The van der Waals surface area contributed by atoms with Crippen LogP contribution in [0.4, 0.5) is 0 Å². The topological polar surface area (TPSA) is 98.7 Å². The van der Waals surface area contributed by atoms with Gasteiger partial charge in [0, 0.05) is 13.1 Å². The van der Waals surface area contributed by atoms with Crippen LogP contribution in [0.3, 0.4) is 0 Å². The second kappa shape index (κ2) is 7.40. The minimum absolute atomic E-state index is 0.120. The number of hydrogen-bond donors (Lipinski definition) is 1. The highest BCUT2D eigenvalue weighted by molar-refractivity contribution is 5.92. The summed E-state index contributed by atoms with van der Waals surface area (Å²) in [5.41, 5.74) is 6.11. The molecule has 1 aromatic rings. The first-order valence-corrected chi connectivity index (χ1v) is 7.73. The van der Waals surface area contributed by atoms with Crippen LogP contribution in [-0.2, 0) is 9.53 Å². The third kappa shape index (κ3) is 3.65. The smallest absolute Gasteiger partial charge is 0.309 e. The van der Waals surface area contributed by atoms with Crippen molar-refractivity contribution < 1.29 is 18.7 Å². The first-order chi connectivity index (χ1) is 10.6. The fourth-order valence-corrected chi connectivity index (χ4v) is 2.47. The third-order valence-corrected chi connectivity index (χ3v) is 3.90. The van der Waals surface area contributed by atoms with Crippen molar-refractivity contribution in [2.24, 2.45) is 11.7 Å². The SMILES string of the molecule is CCOC(=O)C1CCN(C(=O)c2coc(C(N)CC)n2)CC1. The van der Waals surface area contributed by atoms with E-state index in [1.807, 2.05) is 6.92 Å². The van der Waals surface area contributed by atoms with Gasteiger partial charge in [0.25, 0.3) is 5.91 Å². The summed E-state index contributed by atoms with van der Waals surface area (Å²) in [6.07, 6.45) is 3.28. The number of carbonyl (C=O) groups is 2. The zero-order valence-corrected chi connectivity index (χ0v) is 13.1. The molecule has 1 aliphatic heterocycles. The lowest BCUT2D eigenvalue weighted by Crippen LogP contribution is -2.40. The monoisotopic (exact) mass is 309 g/mol. The van der Waals surface area contributed by atoms with Crippen molar-refractivity contribution in [1.82, 2.24) is 9.88 Å². The summed E-state index contributed by atoms with van der Waals surface area (Å²) in [6, 6.07) is -0.295. The van der Waals surface area contributed by atoms with Gasteiger partial charge in [0.15, 0.2) is 5.69 Å². The minimum Gasteiger partial charge on any atom is -0.466 e. The van der Waals surface area contributed by atoms with E-state index in [0.717, 1.165) is 0 Å². The van der Waals surface area contributed by atoms with Gasteiger partial charge in [-0.15, -0.1) is 0 Å². The first kappa shape index (κ1) is 16.5. The van der Waals surface area contributed by atoms with Crippen LogP contribution < -0.4 is 5.73 Å². The predicted molar refractivity (Wildman–Crippen MR) is 79.0 cm³/mol. The second-order valence-electron chi connectivity index (χ2n) is 5.40. The average Bonchev–Trinajstić information content (AvgIpc) is 3.03. The number of hydrogen-bond acceptors (Lipinski definition) is 6. The maximum absolute atomic E-state index is 12.4. The fraction of sp³-hybridized carbons (Fsp3) is 0.667. The van der Waals surface area contributed by atoms with E-state index in [2.05, 4.69) is 4.98 Å². The molecule has 122 valence electrons. The molecule has 0 aliphatic carbocycles. The van der Waals surface area contributed by atoms with Crippen LogP contribution in [-0.4, -0.2) is 41.5 Å². The highest BCUT2D eigenvalue weighted by atomic mass is 16.5. The lowest BCUT2D eigenvalue weighted by molar-refractivity contribution is -0.149. The maximum atomic E-state index is 12.4. The van der Waals surface area contributed by atoms with Crippen molar-refractivity contribution >= 4 is 11.9 Å². The summed E-state index contributed by atoms with van der Waals surface area (Å²) in [5, 5.41) is 0. The number of aromatic nitrogens is 1. The molecule has 22 heavy (non-hydrogen) atoms. The molecule has 0 bridgehead atoms. The highest BCUT2D eigenvalue weighted by Gasteiger charge is 2.30. The molecule has 1 aliphatic rings. The number of oxazole rings is 1. The van der Waals surface area contributed by atoms with Crippen LogP contribution in [0.15, 0.2) is 10.7 Å². The van der Waals surface area contributed by atoms with Crippen LogP contribution in [0.2, 0.25) is 0 Å². The Labute approximate surface area is 129 Å². The minimum atomic E-state index is -0.295. The Morgan fingerprint density at radius 3 is 2.73 bits per heavy atom. The van der Waals surface area contributed by atoms with E-state index in [-0.39, 0.29) is 29.5 Å². The van der Waals surface area contributed by atoms with Gasteiger partial charge in [-0.3, -0.25) is 9.59 Å². The van der Waals surface area contributed by atoms with E-state index in [0.29, 0.717) is 44.8 Å². The number of esters is 1. The van der Waals surface area contributed by atoms with Crippen LogP contribution in [0, 0.1) is 5.92 Å². The van der Waals surface area contributed by atoms with Crippen LogP contribution >= 0.6 is 0 Å². The molecule has 1 atom stereocenters. The Bertz CT molecular complexity index is 521. The van der Waals surface area contributed by atoms with Crippen LogP contribution in [0.25, 0.3) is 0 Å². The van der Waals surface area contributed by atoms with Crippen LogP contribution in [0.5, 0.6) is 0 Å². The number of ether oxygens (including phenoxy) is 1. The van der Waals surface area contributed by atoms with Crippen molar-refractivity contribution in [3.63, 3.8) is 0 Å². The Morgan fingerprint density at radius 1 is 1.45 bits per heavy atom. The number of nitrogens with zero attached hydrogens (tertiary/aromatic N) is 2. The summed E-state index contributed by atoms with van der Waals surface area (Å²) in [5.74, 6) is -0.0921. The standard InChI is InChI=1S/C15H23N3O4/c1-3-11(16)13-17-12(9-22-13)14(19)18-7-5-10(6-8-18)15(20)21-4-2/h9-11H,3-8,16H2,1-2H3. The van der Waals surface area contributed by atoms with Gasteiger partial charge in [0.2, 0.25) is 5.89 Å². The first-order valence-electron chi connectivity index (χ1n) is 7.73. The molecule has 1 fully saturated rings. The van der Waals surface area contributed by atoms with E-state index in [4.69, 9.17) is 14.9 Å². The summed E-state index contributed by atoms with van der Waals surface area (Å²) >= 11 is 0. The van der Waals surface area contributed by atoms with Crippen LogP contribution in [0.1, 0.15) is 55.5 Å². The number of amides is 1. The molecule has 1 saturated heterocycles. The fourth-order valence-electron chi connectivity index (χ4n) is 2.47. The number of likely N-dealkylation sites (tertiary alicyclic amines) is 1. The zero-order valence-electron chi connectivity index (χ0n) is 13.1. The Morgan fingerprint density at radius 2 is 2.14 bits per heavy atom. The zero-order chi connectivity index (χ0) is 16.1. The molecule has 1 aromatic heterocycles. The largest absolute Gasteiger partial charge is 0.466 e. The van der Waals surface area contributed by atoms with Gasteiger partial charge in [-0.1, -0.05) is 6.92 Å². The van der Waals surface area contributed by atoms with Crippen molar-refractivity contribution in [1.29, 1.82) is 0 Å². The lowest BCUT2D eigenvalue weighted by Gasteiger charge is -2.30. The van der Waals surface area contributed by atoms with Gasteiger partial charge < -0.3 is 19.8 Å². The lowest BCUT2D eigenvalue weighted by atomic mass is 9.97. The van der Waals surface area contributed by atoms with E-state index in [1.54, 1.807) is 11.8 Å². The maximum Gasteiger partial charge on any atom is 0.309 e. The van der Waals surface area contributed by atoms with Gasteiger partial charge in [0.05, 0.1) is 18.6 Å². The van der Waals surface area contributed by atoms with Crippen molar-refractivity contribution in [3.05, 3.63) is 17.8 Å². The molecular formula is C15H23N3O4. The van der Waals surface area contributed by atoms with E-state index in [1.165, 1.54) is 6.26 Å². The summed E-state index contributed by atoms with van der Waals surface area (Å²) < 4.78 is 10.3. The molecule has 1 amide bonds. The number of nitrogens with two attached hydrogens (primary N) is 1. The van der Waals surface area contributed by atoms with Gasteiger partial charge >= 0.3 is 5.97 Å². The number of carbonyl (C=O) groups excluding carboxylic acids is 2. The molecule has 2 heterocycles. The van der Waals surface area contributed by atoms with Crippen molar-refractivity contribution in [3.8, 4) is 0 Å². The average molecular weight is 309 g/mol. The van der Waals surface area contributed by atoms with Gasteiger partial charge in [-0.25, -0.2) is 4.98 Å². The highest BCUT2D eigenvalue weighted by Crippen LogP contribution is 2.21. The second-order valence-corrected chi connectivity index (χ2v) is 5.40. The molecule has 2 N–H and O–H groups in total. The van der Waals surface area contributed by atoms with Crippen molar-refractivity contribution in [2.45, 2.75) is 39.2 Å². The molecule has 2 rings (SSSR count). The Hall–Kier alpha value is -1.89. The van der Waals surface area contributed by atoms with Gasteiger partial charge in [-0.2, -0.15) is 0 Å². The third-order valence-electron chi connectivity index (χ3n) is 3.90. The van der Waals surface area contributed by atoms with E-state index < -0.39 is 0 Å².